The molecular weight excluding hydrogens is 484 g/mol. The van der Waals surface area contributed by atoms with Gasteiger partial charge in [0.05, 0.1) is 11.2 Å². The topological polar surface area (TPSA) is 143 Å². The van der Waals surface area contributed by atoms with Gasteiger partial charge in [0.2, 0.25) is 5.91 Å². The zero-order chi connectivity index (χ0) is 27.4. The third-order valence-electron chi connectivity index (χ3n) is 7.41. The molecule has 0 radical (unpaired) electrons. The number of carbonyl (C=O) groups excluding carboxylic acids is 2. The Morgan fingerprint density at radius 2 is 1.74 bits per heavy atom. The minimum Gasteiger partial charge on any atom is -0.338 e. The number of nitrogens with one attached hydrogen (secondary N) is 1. The second kappa shape index (κ2) is 11.6. The molecule has 1 unspecified atom stereocenters. The highest BCUT2D eigenvalue weighted by molar-refractivity contribution is 5.89. The summed E-state index contributed by atoms with van der Waals surface area (Å²) in [7, 11) is 0. The van der Waals surface area contributed by atoms with E-state index in [0.29, 0.717) is 44.0 Å². The first-order chi connectivity index (χ1) is 18.0. The Morgan fingerprint density at radius 1 is 1.08 bits per heavy atom. The Morgan fingerprint density at radius 3 is 2.29 bits per heavy atom. The summed E-state index contributed by atoms with van der Waals surface area (Å²) in [4.78, 5) is 47.6. The molecule has 0 bridgehead atoms. The van der Waals surface area contributed by atoms with Gasteiger partial charge in [-0.05, 0) is 63.4 Å². The largest absolute Gasteiger partial charge is 0.354 e. The fraction of sp³-hybridized carbons (Fsp3) is 0.556. The summed E-state index contributed by atoms with van der Waals surface area (Å²) in [5, 5.41) is 2.69. The van der Waals surface area contributed by atoms with Crippen LogP contribution in [-0.2, 0) is 11.3 Å². The fourth-order valence-corrected chi connectivity index (χ4v) is 5.20. The molecule has 206 valence electrons. The average Bonchev–Trinajstić information content (AvgIpc) is 3.33. The molecule has 4 rings (SSSR count). The van der Waals surface area contributed by atoms with Gasteiger partial charge in [-0.3, -0.25) is 19.6 Å². The summed E-state index contributed by atoms with van der Waals surface area (Å²) in [6, 6.07) is 9.95. The highest BCUT2D eigenvalue weighted by atomic mass is 16.2. The number of hydrogen-bond acceptors (Lipinski definition) is 7. The van der Waals surface area contributed by atoms with Crippen molar-refractivity contribution in [2.45, 2.75) is 64.2 Å². The average molecular weight is 525 g/mol. The zero-order valence-electron chi connectivity index (χ0n) is 22.6. The van der Waals surface area contributed by atoms with Gasteiger partial charge >= 0.3 is 11.7 Å². The second-order valence-corrected chi connectivity index (χ2v) is 10.9. The maximum atomic E-state index is 12.7. The van der Waals surface area contributed by atoms with Gasteiger partial charge in [-0.15, -0.1) is 0 Å². The molecule has 1 aromatic heterocycles. The Labute approximate surface area is 223 Å². The molecule has 38 heavy (non-hydrogen) atoms. The fourth-order valence-electron chi connectivity index (χ4n) is 5.20. The molecular formula is C27H40N8O3. The van der Waals surface area contributed by atoms with E-state index in [1.807, 2.05) is 24.3 Å². The zero-order valence-corrected chi connectivity index (χ0v) is 22.6. The van der Waals surface area contributed by atoms with E-state index in [2.05, 4.69) is 22.1 Å². The van der Waals surface area contributed by atoms with Crippen molar-refractivity contribution in [3.8, 4) is 5.69 Å². The standard InChI is InChI=1S/C27H40N8O3/c1-4-32(22-10-7-20(28)17-22)18-19-5-8-21(9-6-19)35-12-11-23(31-26(35)38)30-25(37)34-15-13-33(14-16-34)24(36)27(2,3)29/h5-6,8-9,11-12,20,22H,4,7,10,13-18,28-29H2,1-3H3,(H,30,31,37,38)/t20?,22-/m0/s1. The number of carbonyl (C=O) groups is 2. The van der Waals surface area contributed by atoms with Gasteiger partial charge in [-0.25, -0.2) is 9.59 Å². The number of amides is 3. The number of nitrogens with zero attached hydrogens (tertiary/aromatic N) is 5. The molecule has 2 heterocycles. The van der Waals surface area contributed by atoms with Crippen molar-refractivity contribution in [1.29, 1.82) is 0 Å². The van der Waals surface area contributed by atoms with Gasteiger partial charge < -0.3 is 21.3 Å². The van der Waals surface area contributed by atoms with Gasteiger partial charge in [0.25, 0.3) is 0 Å². The third kappa shape index (κ3) is 6.58. The lowest BCUT2D eigenvalue weighted by Gasteiger charge is -2.37. The van der Waals surface area contributed by atoms with Crippen molar-refractivity contribution in [3.63, 3.8) is 0 Å². The van der Waals surface area contributed by atoms with Crippen molar-refractivity contribution in [1.82, 2.24) is 24.3 Å². The van der Waals surface area contributed by atoms with Gasteiger partial charge in [0, 0.05) is 51.0 Å². The molecule has 11 nitrogen and oxygen atoms in total. The van der Waals surface area contributed by atoms with Crippen LogP contribution in [0.15, 0.2) is 41.3 Å². The molecule has 2 aliphatic rings. The highest BCUT2D eigenvalue weighted by Crippen LogP contribution is 2.24. The van der Waals surface area contributed by atoms with E-state index in [0.717, 1.165) is 32.4 Å². The quantitative estimate of drug-likeness (QED) is 0.496. The predicted octanol–water partition coefficient (Wildman–Crippen LogP) is 1.35. The number of aromatic nitrogens is 2. The lowest BCUT2D eigenvalue weighted by molar-refractivity contribution is -0.137. The smallest absolute Gasteiger partial charge is 0.338 e. The number of nitrogens with two attached hydrogens (primary N) is 2. The van der Waals surface area contributed by atoms with E-state index in [1.54, 1.807) is 35.9 Å². The summed E-state index contributed by atoms with van der Waals surface area (Å²) < 4.78 is 1.45. The Bertz CT molecular complexity index is 1180. The van der Waals surface area contributed by atoms with E-state index in [9.17, 15) is 14.4 Å². The van der Waals surface area contributed by atoms with Crippen LogP contribution in [0.3, 0.4) is 0 Å². The van der Waals surface area contributed by atoms with E-state index in [4.69, 9.17) is 11.5 Å². The second-order valence-electron chi connectivity index (χ2n) is 10.9. The SMILES string of the molecule is CCN(Cc1ccc(-n2ccc(NC(=O)N3CCN(C(=O)C(C)(C)N)CC3)nc2=O)cc1)[C@H]1CCC(N)C1. The molecule has 1 aliphatic carbocycles. The molecule has 2 atom stereocenters. The lowest BCUT2D eigenvalue weighted by atomic mass is 10.1. The number of anilines is 1. The van der Waals surface area contributed by atoms with E-state index in [1.165, 1.54) is 10.1 Å². The summed E-state index contributed by atoms with van der Waals surface area (Å²) in [5.41, 5.74) is 12.5. The van der Waals surface area contributed by atoms with Crippen LogP contribution < -0.4 is 22.5 Å². The van der Waals surface area contributed by atoms with Crippen LogP contribution in [0.4, 0.5) is 10.6 Å². The molecule has 2 fully saturated rings. The molecule has 0 spiro atoms. The van der Waals surface area contributed by atoms with Gasteiger partial charge in [-0.2, -0.15) is 4.98 Å². The third-order valence-corrected chi connectivity index (χ3v) is 7.41. The summed E-state index contributed by atoms with van der Waals surface area (Å²) >= 11 is 0. The molecule has 1 saturated carbocycles. The predicted molar refractivity (Wildman–Crippen MR) is 147 cm³/mol. The van der Waals surface area contributed by atoms with Crippen LogP contribution >= 0.6 is 0 Å². The molecule has 1 aromatic carbocycles. The van der Waals surface area contributed by atoms with Crippen LogP contribution in [0.25, 0.3) is 5.69 Å². The minimum absolute atomic E-state index is 0.142. The first-order valence-corrected chi connectivity index (χ1v) is 13.4. The molecule has 5 N–H and O–H groups in total. The van der Waals surface area contributed by atoms with Crippen molar-refractivity contribution in [2.24, 2.45) is 11.5 Å². The van der Waals surface area contributed by atoms with Crippen LogP contribution in [0.2, 0.25) is 0 Å². The first-order valence-electron chi connectivity index (χ1n) is 13.4. The Kier molecular flexibility index (Phi) is 8.49. The van der Waals surface area contributed by atoms with Crippen molar-refractivity contribution in [3.05, 3.63) is 52.6 Å². The number of rotatable bonds is 7. The maximum Gasteiger partial charge on any atom is 0.354 e. The van der Waals surface area contributed by atoms with E-state index < -0.39 is 11.2 Å². The number of urea groups is 1. The normalized spacial score (nSPS) is 20.2. The number of hydrogen-bond donors (Lipinski definition) is 3. The Hall–Kier alpha value is -3.28. The van der Waals surface area contributed by atoms with E-state index in [-0.39, 0.29) is 17.8 Å². The minimum atomic E-state index is -0.946. The highest BCUT2D eigenvalue weighted by Gasteiger charge is 2.31. The first kappa shape index (κ1) is 27.7. The van der Waals surface area contributed by atoms with Crippen LogP contribution in [0.5, 0.6) is 0 Å². The molecule has 1 aliphatic heterocycles. The van der Waals surface area contributed by atoms with Gasteiger partial charge in [0.1, 0.15) is 5.82 Å². The molecule has 1 saturated heterocycles. The molecule has 11 heteroatoms. The summed E-state index contributed by atoms with van der Waals surface area (Å²) in [6.07, 6.45) is 4.87. The van der Waals surface area contributed by atoms with Gasteiger partial charge in [-0.1, -0.05) is 19.1 Å². The van der Waals surface area contributed by atoms with Gasteiger partial charge in [0.15, 0.2) is 0 Å². The molecule has 2 aromatic rings. The number of benzene rings is 1. The van der Waals surface area contributed by atoms with Crippen LogP contribution in [0.1, 0.15) is 45.6 Å². The Balaban J connectivity index is 1.34. The van der Waals surface area contributed by atoms with Crippen molar-refractivity contribution < 1.29 is 9.59 Å². The van der Waals surface area contributed by atoms with E-state index >= 15 is 0 Å². The van der Waals surface area contributed by atoms with Crippen LogP contribution in [-0.4, -0.2) is 86.5 Å². The van der Waals surface area contributed by atoms with Crippen molar-refractivity contribution in [2.75, 3.05) is 38.0 Å². The summed E-state index contributed by atoms with van der Waals surface area (Å²) in [5.74, 6) is 0.0416. The van der Waals surface area contributed by atoms with Crippen LogP contribution in [0, 0.1) is 0 Å². The van der Waals surface area contributed by atoms with Crippen molar-refractivity contribution >= 4 is 17.8 Å². The molecule has 3 amide bonds. The lowest BCUT2D eigenvalue weighted by Crippen LogP contribution is -2.58. The summed E-state index contributed by atoms with van der Waals surface area (Å²) in [6.45, 7) is 8.89. The number of piperazine rings is 1. The monoisotopic (exact) mass is 524 g/mol. The maximum absolute atomic E-state index is 12.7.